The lowest BCUT2D eigenvalue weighted by atomic mass is 10.00. The first-order valence-electron chi connectivity index (χ1n) is 31.7. The average Bonchev–Trinajstić information content (AvgIpc) is 1.74. The molecule has 24 heteroatoms. The maximum Gasteiger partial charge on any atom is 0.410 e. The van der Waals surface area contributed by atoms with Crippen LogP contribution < -0.4 is 10.6 Å². The number of halogens is 2. The number of hydrogen-bond donors (Lipinski definition) is 9. The van der Waals surface area contributed by atoms with Crippen LogP contribution in [0.15, 0.2) is 121 Å². The quantitative estimate of drug-likeness (QED) is 0.0461. The number of nitrogens with zero attached hydrogens (tertiary/aromatic N) is 3. The van der Waals surface area contributed by atoms with Crippen LogP contribution in [-0.2, 0) is 59.6 Å². The van der Waals surface area contributed by atoms with E-state index in [1.54, 1.807) is 46.4 Å². The zero-order valence-corrected chi connectivity index (χ0v) is 57.3. The number of aliphatic hydroxyl groups is 7. The summed E-state index contributed by atoms with van der Waals surface area (Å²) in [6, 6.07) is 40.8. The van der Waals surface area contributed by atoms with Crippen LogP contribution in [0.1, 0.15) is 84.6 Å². The number of amides is 3. The van der Waals surface area contributed by atoms with Crippen LogP contribution in [0.5, 0.6) is 0 Å². The fourth-order valence-corrected chi connectivity index (χ4v) is 10.3. The zero-order chi connectivity index (χ0) is 66.6. The molecule has 0 bridgehead atoms. The van der Waals surface area contributed by atoms with Crippen molar-refractivity contribution in [1.29, 1.82) is 0 Å². The lowest BCUT2D eigenvalue weighted by molar-refractivity contribution is -0.0114. The van der Waals surface area contributed by atoms with Gasteiger partial charge in [0.25, 0.3) is 0 Å². The van der Waals surface area contributed by atoms with Gasteiger partial charge in [-0.25, -0.2) is 14.4 Å². The summed E-state index contributed by atoms with van der Waals surface area (Å²) in [7, 11) is 0. The van der Waals surface area contributed by atoms with Crippen molar-refractivity contribution in [3.8, 4) is 0 Å². The summed E-state index contributed by atoms with van der Waals surface area (Å²) in [5, 5.41) is 70.3. The summed E-state index contributed by atoms with van der Waals surface area (Å²) in [6.07, 6.45) is -3.92. The van der Waals surface area contributed by atoms with Gasteiger partial charge in [0, 0.05) is 82.0 Å². The summed E-state index contributed by atoms with van der Waals surface area (Å²) in [5.74, 6) is -0.178. The molecule has 3 amide bonds. The number of rotatable bonds is 18. The van der Waals surface area contributed by atoms with Gasteiger partial charge in [0.1, 0.15) is 16.8 Å². The van der Waals surface area contributed by atoms with E-state index in [1.165, 1.54) is 20.9 Å². The van der Waals surface area contributed by atoms with Gasteiger partial charge in [-0.05, 0) is 84.6 Å². The first-order chi connectivity index (χ1) is 43.2. The highest BCUT2D eigenvalue weighted by molar-refractivity contribution is 5.85. The van der Waals surface area contributed by atoms with Crippen molar-refractivity contribution in [2.75, 3.05) is 98.5 Å². The molecule has 11 atom stereocenters. The summed E-state index contributed by atoms with van der Waals surface area (Å²) >= 11 is 0. The van der Waals surface area contributed by atoms with Crippen LogP contribution in [0.3, 0.4) is 0 Å². The molecule has 524 valence electrons. The molecular weight excluding hydrogens is 1240 g/mol. The van der Waals surface area contributed by atoms with E-state index in [4.69, 9.17) is 53.6 Å². The van der Waals surface area contributed by atoms with Gasteiger partial charge in [0.2, 0.25) is 0 Å². The second-order valence-corrected chi connectivity index (χ2v) is 26.7. The van der Waals surface area contributed by atoms with E-state index in [2.05, 4.69) is 34.9 Å². The van der Waals surface area contributed by atoms with Crippen LogP contribution >= 0.6 is 24.8 Å². The van der Waals surface area contributed by atoms with E-state index in [1.807, 2.05) is 118 Å². The Hall–Kier alpha value is -5.25. The van der Waals surface area contributed by atoms with E-state index in [-0.39, 0.29) is 99.8 Å². The molecule has 5 heterocycles. The molecule has 5 fully saturated rings. The molecule has 0 aliphatic carbocycles. The van der Waals surface area contributed by atoms with Gasteiger partial charge >= 0.3 is 18.3 Å². The predicted octanol–water partition coefficient (Wildman–Crippen LogP) is 6.84. The van der Waals surface area contributed by atoms with Crippen molar-refractivity contribution >= 4 is 43.1 Å². The Morgan fingerprint density at radius 2 is 0.806 bits per heavy atom. The maximum atomic E-state index is 12.5. The van der Waals surface area contributed by atoms with E-state index in [0.29, 0.717) is 65.1 Å². The van der Waals surface area contributed by atoms with Gasteiger partial charge in [-0.15, -0.1) is 24.8 Å². The van der Waals surface area contributed by atoms with Crippen molar-refractivity contribution < 1.29 is 83.3 Å². The lowest BCUT2D eigenvalue weighted by Crippen LogP contribution is -2.36. The number of benzene rings is 4. The molecule has 9 N–H and O–H groups in total. The van der Waals surface area contributed by atoms with E-state index in [0.717, 1.165) is 37.4 Å². The molecule has 0 radical (unpaired) electrons. The van der Waals surface area contributed by atoms with Gasteiger partial charge in [0.15, 0.2) is 0 Å². The molecule has 4 aromatic rings. The highest BCUT2D eigenvalue weighted by Crippen LogP contribution is 2.27. The molecule has 1 unspecified atom stereocenters. The molecule has 9 rings (SSSR count). The minimum Gasteiger partial charge on any atom is -0.444 e. The van der Waals surface area contributed by atoms with Gasteiger partial charge in [-0.1, -0.05) is 121 Å². The Balaban J connectivity index is 0.000000316. The van der Waals surface area contributed by atoms with Gasteiger partial charge in [0.05, 0.1) is 109 Å². The van der Waals surface area contributed by atoms with E-state index in [9.17, 15) is 29.7 Å². The van der Waals surface area contributed by atoms with Crippen LogP contribution in [0.25, 0.3) is 0 Å². The number of carbonyl (C=O) groups is 3. The minimum atomic E-state index is -1.02. The first kappa shape index (κ1) is 82.0. The Morgan fingerprint density at radius 3 is 1.19 bits per heavy atom. The topological polar surface area (TPSA) is 291 Å². The van der Waals surface area contributed by atoms with Crippen molar-refractivity contribution in [3.63, 3.8) is 0 Å². The summed E-state index contributed by atoms with van der Waals surface area (Å²) in [4.78, 5) is 40.3. The third-order valence-electron chi connectivity index (χ3n) is 15.3. The normalized spacial score (nSPS) is 23.6. The maximum absolute atomic E-state index is 12.5. The van der Waals surface area contributed by atoms with Crippen molar-refractivity contribution in [2.45, 2.75) is 142 Å². The number of aliphatic hydroxyl groups excluding tert-OH is 7. The third kappa shape index (κ3) is 31.0. The number of nitrogens with one attached hydrogen (secondary N) is 2. The van der Waals surface area contributed by atoms with Crippen LogP contribution in [0.2, 0.25) is 0 Å². The number of likely N-dealkylation sites (tertiary alicyclic amines) is 3. The average molecular weight is 1350 g/mol. The summed E-state index contributed by atoms with van der Waals surface area (Å²) in [5.41, 5.74) is 3.06. The second kappa shape index (κ2) is 41.7. The van der Waals surface area contributed by atoms with Crippen LogP contribution in [0.4, 0.5) is 14.4 Å². The fourth-order valence-electron chi connectivity index (χ4n) is 10.3. The standard InChI is InChI=1S/C24H31NO4.C19H23NO2.C11H21NO5.C10H19NO4.C5H11NO2.2ClH/c1-24(2,3)29-23(26)25-14-21(18-27-16-19-10-6-4-7-11-19)22(15-25)28-17-20-12-8-5-9-13-20;1-3-7-16(8-4-1)13-21-15-18-11-20-12-19(18)22-14-17-9-5-2-6-10-17;1-11(2,3)17-10(16)12-4-7(8(14)5-12)9(15)6-13;1-10(2,3)15-9(14)11-4-7(6-12)8(13)5-11;7-3-4-1-6-2-5(4)8;;/h4-13,21-22H,14-18H2,1-3H3;1-10,18-20H,11-15H2;7-9,13-15H,4-6H2,1-3H3;7-8,12-13H,4-6H2,1-3H3;4-8H,1-3H2;2*1H/t21-,22-;18-,19-;7-,8+,9?;7-,8-;4-,5-;;/m11011../s1. The van der Waals surface area contributed by atoms with Crippen molar-refractivity contribution in [2.24, 2.45) is 29.6 Å². The Morgan fingerprint density at radius 1 is 0.441 bits per heavy atom. The molecule has 22 nitrogen and oxygen atoms in total. The number of ether oxygens (including phenoxy) is 7. The molecular formula is C69H107Cl2N5O17. The summed E-state index contributed by atoms with van der Waals surface area (Å²) in [6.45, 7) is 24.8. The van der Waals surface area contributed by atoms with Crippen molar-refractivity contribution in [3.05, 3.63) is 144 Å². The van der Waals surface area contributed by atoms with Gasteiger partial charge in [-0.3, -0.25) is 0 Å². The van der Waals surface area contributed by atoms with E-state index < -0.39 is 59.8 Å². The van der Waals surface area contributed by atoms with Crippen LogP contribution in [0, 0.1) is 29.6 Å². The minimum absolute atomic E-state index is 0. The molecule has 5 aliphatic heterocycles. The highest BCUT2D eigenvalue weighted by atomic mass is 35.5. The molecule has 5 aliphatic rings. The van der Waals surface area contributed by atoms with Crippen LogP contribution in [-0.4, -0.2) is 221 Å². The fraction of sp³-hybridized carbons (Fsp3) is 0.609. The Kier molecular flexibility index (Phi) is 36.7. The zero-order valence-electron chi connectivity index (χ0n) is 55.7. The van der Waals surface area contributed by atoms with Gasteiger partial charge < -0.3 is 94.2 Å². The first-order valence-corrected chi connectivity index (χ1v) is 31.7. The third-order valence-corrected chi connectivity index (χ3v) is 15.3. The van der Waals surface area contributed by atoms with Gasteiger partial charge in [-0.2, -0.15) is 0 Å². The Labute approximate surface area is 563 Å². The van der Waals surface area contributed by atoms with E-state index >= 15 is 0 Å². The smallest absolute Gasteiger partial charge is 0.410 e. The largest absolute Gasteiger partial charge is 0.444 e. The van der Waals surface area contributed by atoms with Crippen molar-refractivity contribution in [1.82, 2.24) is 25.3 Å². The molecule has 0 spiro atoms. The molecule has 93 heavy (non-hydrogen) atoms. The SMILES string of the molecule is CC(C)(C)OC(=O)N1C[C@@H](O)[C@@H](C(O)CO)C1.CC(C)(C)OC(=O)N1C[C@H](CO)[C@H](O)C1.CC(C)(C)OC(=O)N1C[C@H](COCc2ccccc2)[C@H](OCc2ccccc2)C1.Cl.Cl.OC[C@H]1CNC[C@H]1O.c1ccc(COC[C@H]2CNC[C@H]2OCc2ccccc2)cc1. The summed E-state index contributed by atoms with van der Waals surface area (Å²) < 4.78 is 39.9. The molecule has 4 aromatic carbocycles. The second-order valence-electron chi connectivity index (χ2n) is 26.7. The number of β-amino-alcohol motifs (C(OH)–C–C–N with tert-alkyl or cyclic N) is 3. The Bertz CT molecular complexity index is 2660. The highest BCUT2D eigenvalue weighted by Gasteiger charge is 2.41. The number of carbonyl (C=O) groups excluding carboxylic acids is 3. The predicted molar refractivity (Wildman–Crippen MR) is 359 cm³/mol. The monoisotopic (exact) mass is 1350 g/mol. The molecule has 5 saturated heterocycles. The lowest BCUT2D eigenvalue weighted by Gasteiger charge is -2.24. The molecule has 0 saturated carbocycles. The molecule has 0 aromatic heterocycles. The number of hydrogen-bond acceptors (Lipinski definition) is 19.